The second kappa shape index (κ2) is 7.64. The summed E-state index contributed by atoms with van der Waals surface area (Å²) < 4.78 is 0. The Bertz CT molecular complexity index is 902. The molecular weight excluding hydrogens is 393 g/mol. The van der Waals surface area contributed by atoms with Gasteiger partial charge in [0.25, 0.3) is 16.5 Å². The molecule has 25 heavy (non-hydrogen) atoms. The van der Waals surface area contributed by atoms with Crippen LogP contribution in [0.1, 0.15) is 21.6 Å². The van der Waals surface area contributed by atoms with E-state index < -0.39 is 10.8 Å². The Morgan fingerprint density at radius 3 is 2.68 bits per heavy atom. The number of halogens is 3. The molecule has 1 aromatic carbocycles. The van der Waals surface area contributed by atoms with Gasteiger partial charge < -0.3 is 5.73 Å². The van der Waals surface area contributed by atoms with Crippen LogP contribution in [0.25, 0.3) is 0 Å². The molecule has 2 aromatic rings. The molecule has 1 heterocycles. The fourth-order valence-electron chi connectivity index (χ4n) is 1.85. The predicted molar refractivity (Wildman–Crippen MR) is 95.3 cm³/mol. The molecule has 0 atom stereocenters. The molecule has 11 heteroatoms. The number of benzene rings is 1. The molecule has 0 saturated carbocycles. The van der Waals surface area contributed by atoms with Gasteiger partial charge in [-0.05, 0) is 18.5 Å². The molecule has 2 rings (SSSR count). The topological polar surface area (TPSA) is 125 Å². The summed E-state index contributed by atoms with van der Waals surface area (Å²) in [5, 5.41) is 14.5. The van der Waals surface area contributed by atoms with Crippen molar-refractivity contribution in [3.63, 3.8) is 0 Å². The Morgan fingerprint density at radius 1 is 1.36 bits per heavy atom. The van der Waals surface area contributed by atoms with Crippen LogP contribution in [-0.2, 0) is 0 Å². The lowest BCUT2D eigenvalue weighted by Gasteiger charge is -2.02. The van der Waals surface area contributed by atoms with Crippen LogP contribution >= 0.6 is 34.8 Å². The Labute approximate surface area is 156 Å². The number of aryl methyl sites for hydroxylation is 1. The van der Waals surface area contributed by atoms with Gasteiger partial charge in [-0.1, -0.05) is 35.3 Å². The first-order valence-electron chi connectivity index (χ1n) is 6.66. The standard InChI is InChI=1S/C14H10Cl3N5O3/c1-6-2-3-7(4-8(6)22(24)25)5-19-21-14(23)12-9(15)11(18)10(16)13(17)20-12/h2-5H,1H3,(H2,18,20)(H,21,23)/p+1/b19-5+. The highest BCUT2D eigenvalue weighted by Gasteiger charge is 2.25. The molecule has 0 fully saturated rings. The predicted octanol–water partition coefficient (Wildman–Crippen LogP) is 3.02. The number of aromatic nitrogens is 1. The SMILES string of the molecule is Cc1ccc(/C=N/NC(=O)c2[nH+]c(Cl)c(Cl)c(N)c2Cl)cc1[N+](=O)[O-]. The molecule has 0 aliphatic rings. The number of H-pyrrole nitrogens is 1. The van der Waals surface area contributed by atoms with Gasteiger partial charge in [0.15, 0.2) is 0 Å². The first kappa shape index (κ1) is 18.9. The highest BCUT2D eigenvalue weighted by atomic mass is 35.5. The van der Waals surface area contributed by atoms with Gasteiger partial charge in [0.2, 0.25) is 0 Å². The van der Waals surface area contributed by atoms with E-state index in [0.717, 1.165) is 0 Å². The van der Waals surface area contributed by atoms with Crippen LogP contribution in [0.15, 0.2) is 23.3 Å². The van der Waals surface area contributed by atoms with Crippen molar-refractivity contribution in [2.24, 2.45) is 5.10 Å². The van der Waals surface area contributed by atoms with Gasteiger partial charge in [0.1, 0.15) is 10.0 Å². The first-order chi connectivity index (χ1) is 11.7. The normalized spacial score (nSPS) is 10.9. The zero-order chi connectivity index (χ0) is 18.7. The van der Waals surface area contributed by atoms with Gasteiger partial charge in [-0.15, -0.1) is 0 Å². The van der Waals surface area contributed by atoms with E-state index >= 15 is 0 Å². The van der Waals surface area contributed by atoms with E-state index in [2.05, 4.69) is 15.5 Å². The lowest BCUT2D eigenvalue weighted by molar-refractivity contribution is -0.385. The number of nitrogens with two attached hydrogens (primary N) is 1. The number of carbonyl (C=O) groups excluding carboxylic acids is 1. The van der Waals surface area contributed by atoms with Crippen molar-refractivity contribution in [3.8, 4) is 0 Å². The van der Waals surface area contributed by atoms with E-state index in [0.29, 0.717) is 11.1 Å². The lowest BCUT2D eigenvalue weighted by Crippen LogP contribution is -2.28. The zero-order valence-corrected chi connectivity index (χ0v) is 14.9. The van der Waals surface area contributed by atoms with Gasteiger partial charge >= 0.3 is 5.91 Å². The minimum atomic E-state index is -0.715. The van der Waals surface area contributed by atoms with Crippen LogP contribution in [0.5, 0.6) is 0 Å². The van der Waals surface area contributed by atoms with E-state index in [-0.39, 0.29) is 32.3 Å². The summed E-state index contributed by atoms with van der Waals surface area (Å²) in [6.07, 6.45) is 1.25. The molecule has 0 spiro atoms. The number of nitro groups is 1. The summed E-state index contributed by atoms with van der Waals surface area (Å²) >= 11 is 17.6. The molecule has 0 unspecified atom stereocenters. The van der Waals surface area contributed by atoms with Crippen molar-refractivity contribution in [3.05, 3.63) is 60.3 Å². The highest BCUT2D eigenvalue weighted by molar-refractivity contribution is 6.45. The number of carbonyl (C=O) groups is 1. The van der Waals surface area contributed by atoms with Gasteiger partial charge in [-0.2, -0.15) is 10.1 Å². The Kier molecular flexibility index (Phi) is 5.78. The Balaban J connectivity index is 2.19. The van der Waals surface area contributed by atoms with Crippen molar-refractivity contribution < 1.29 is 14.7 Å². The lowest BCUT2D eigenvalue weighted by atomic mass is 10.1. The average molecular weight is 404 g/mol. The summed E-state index contributed by atoms with van der Waals surface area (Å²) in [5.41, 5.74) is 8.58. The number of rotatable bonds is 4. The number of anilines is 1. The molecule has 130 valence electrons. The Hall–Kier alpha value is -2.42. The molecule has 0 aliphatic carbocycles. The number of nitrogens with one attached hydrogen (secondary N) is 2. The van der Waals surface area contributed by atoms with E-state index in [1.807, 2.05) is 0 Å². The third kappa shape index (κ3) is 4.16. The second-order valence-corrected chi connectivity index (χ2v) is 5.99. The summed E-state index contributed by atoms with van der Waals surface area (Å²) in [6.45, 7) is 1.62. The summed E-state index contributed by atoms with van der Waals surface area (Å²) in [5.74, 6) is -0.715. The maximum Gasteiger partial charge on any atom is 0.337 e. The monoisotopic (exact) mass is 402 g/mol. The number of nitrogens with zero attached hydrogens (tertiary/aromatic N) is 2. The molecule has 0 aliphatic heterocycles. The number of nitro benzene ring substituents is 1. The van der Waals surface area contributed by atoms with E-state index in [4.69, 9.17) is 40.5 Å². The smallest absolute Gasteiger partial charge is 0.337 e. The second-order valence-electron chi connectivity index (χ2n) is 4.86. The quantitative estimate of drug-likeness (QED) is 0.352. The fourth-order valence-corrected chi connectivity index (χ4v) is 2.46. The van der Waals surface area contributed by atoms with Gasteiger partial charge in [0, 0.05) is 17.2 Å². The minimum absolute atomic E-state index is 0.00122. The number of pyridine rings is 1. The number of hydrogen-bond donors (Lipinski definition) is 2. The van der Waals surface area contributed by atoms with Crippen LogP contribution < -0.4 is 16.1 Å². The van der Waals surface area contributed by atoms with Crippen molar-refractivity contribution >= 4 is 58.3 Å². The van der Waals surface area contributed by atoms with Crippen LogP contribution in [-0.4, -0.2) is 17.0 Å². The third-order valence-electron chi connectivity index (χ3n) is 3.16. The molecule has 0 bridgehead atoms. The molecule has 0 radical (unpaired) electrons. The summed E-state index contributed by atoms with van der Waals surface area (Å²) in [7, 11) is 0. The van der Waals surface area contributed by atoms with Crippen molar-refractivity contribution in [2.75, 3.05) is 5.73 Å². The maximum absolute atomic E-state index is 12.1. The van der Waals surface area contributed by atoms with Crippen molar-refractivity contribution in [1.29, 1.82) is 0 Å². The average Bonchev–Trinajstić information content (AvgIpc) is 2.57. The maximum atomic E-state index is 12.1. The molecule has 4 N–H and O–H groups in total. The van der Waals surface area contributed by atoms with Crippen LogP contribution in [0.4, 0.5) is 11.4 Å². The fraction of sp³-hybridized carbons (Fsp3) is 0.0714. The molecule has 1 amide bonds. The third-order valence-corrected chi connectivity index (χ3v) is 4.32. The summed E-state index contributed by atoms with van der Waals surface area (Å²) in [4.78, 5) is 25.0. The Morgan fingerprint density at radius 2 is 2.04 bits per heavy atom. The number of hydrazone groups is 1. The van der Waals surface area contributed by atoms with Crippen molar-refractivity contribution in [2.45, 2.75) is 6.92 Å². The van der Waals surface area contributed by atoms with E-state index in [1.54, 1.807) is 19.1 Å². The van der Waals surface area contributed by atoms with Gasteiger partial charge in [0.05, 0.1) is 16.8 Å². The van der Waals surface area contributed by atoms with Crippen LogP contribution in [0, 0.1) is 17.0 Å². The zero-order valence-electron chi connectivity index (χ0n) is 12.6. The van der Waals surface area contributed by atoms with Gasteiger partial charge in [-0.3, -0.25) is 14.9 Å². The summed E-state index contributed by atoms with van der Waals surface area (Å²) in [6, 6.07) is 4.53. The molecule has 1 aromatic heterocycles. The van der Waals surface area contributed by atoms with Crippen molar-refractivity contribution in [1.82, 2.24) is 5.43 Å². The first-order valence-corrected chi connectivity index (χ1v) is 7.79. The molecule has 8 nitrogen and oxygen atoms in total. The number of amides is 1. The number of hydrogen-bond acceptors (Lipinski definition) is 5. The highest BCUT2D eigenvalue weighted by Crippen LogP contribution is 2.31. The number of aromatic amines is 1. The minimum Gasteiger partial charge on any atom is -0.396 e. The largest absolute Gasteiger partial charge is 0.396 e. The van der Waals surface area contributed by atoms with Crippen LogP contribution in [0.2, 0.25) is 15.2 Å². The molecular formula is C14H11Cl3N5O3+. The van der Waals surface area contributed by atoms with E-state index in [9.17, 15) is 14.9 Å². The van der Waals surface area contributed by atoms with Gasteiger partial charge in [-0.25, -0.2) is 5.43 Å². The van der Waals surface area contributed by atoms with E-state index in [1.165, 1.54) is 12.3 Å². The number of nitrogen functional groups attached to an aromatic ring is 1. The molecule has 0 saturated heterocycles. The van der Waals surface area contributed by atoms with Crippen LogP contribution in [0.3, 0.4) is 0 Å².